The maximum atomic E-state index is 11.7. The van der Waals surface area contributed by atoms with Crippen molar-refractivity contribution in [3.05, 3.63) is 35.4 Å². The summed E-state index contributed by atoms with van der Waals surface area (Å²) in [5.41, 5.74) is 6.75. The number of hydrogen-bond donors (Lipinski definition) is 2. The van der Waals surface area contributed by atoms with Crippen LogP contribution < -0.4 is 11.1 Å². The van der Waals surface area contributed by atoms with E-state index in [1.807, 2.05) is 6.92 Å². The van der Waals surface area contributed by atoms with E-state index in [9.17, 15) is 4.79 Å². The van der Waals surface area contributed by atoms with E-state index in [1.165, 1.54) is 0 Å². The normalized spacial score (nSPS) is 9.44. The number of carbonyl (C=O) groups is 1. The van der Waals surface area contributed by atoms with Gasteiger partial charge >= 0.3 is 0 Å². The van der Waals surface area contributed by atoms with Crippen molar-refractivity contribution >= 4 is 5.91 Å². The first-order valence-corrected chi connectivity index (χ1v) is 5.93. The highest BCUT2D eigenvalue weighted by atomic mass is 16.5. The molecule has 1 aromatic carbocycles. The van der Waals surface area contributed by atoms with Crippen molar-refractivity contribution in [3.8, 4) is 11.8 Å². The Balaban J connectivity index is 2.48. The monoisotopic (exact) mass is 246 g/mol. The second-order valence-electron chi connectivity index (χ2n) is 3.54. The Labute approximate surface area is 108 Å². The lowest BCUT2D eigenvalue weighted by molar-refractivity contribution is 0.0922. The largest absolute Gasteiger partial charge is 0.380 e. The van der Waals surface area contributed by atoms with E-state index >= 15 is 0 Å². The van der Waals surface area contributed by atoms with Crippen LogP contribution in [0.15, 0.2) is 24.3 Å². The zero-order chi connectivity index (χ0) is 13.2. The van der Waals surface area contributed by atoms with Gasteiger partial charge in [-0.1, -0.05) is 11.8 Å². The molecule has 0 aromatic heterocycles. The fourth-order valence-electron chi connectivity index (χ4n) is 1.34. The Morgan fingerprint density at radius 1 is 1.39 bits per heavy atom. The predicted molar refractivity (Wildman–Crippen MR) is 71.2 cm³/mol. The average Bonchev–Trinajstić information content (AvgIpc) is 2.41. The van der Waals surface area contributed by atoms with Gasteiger partial charge in [0.15, 0.2) is 0 Å². The van der Waals surface area contributed by atoms with Gasteiger partial charge in [-0.2, -0.15) is 0 Å². The first-order valence-electron chi connectivity index (χ1n) is 5.93. The van der Waals surface area contributed by atoms with Crippen LogP contribution in [0.1, 0.15) is 22.8 Å². The molecule has 0 spiro atoms. The highest BCUT2D eigenvalue weighted by molar-refractivity contribution is 5.94. The fraction of sp³-hybridized carbons (Fsp3) is 0.357. The molecule has 0 unspecified atom stereocenters. The van der Waals surface area contributed by atoms with E-state index in [0.29, 0.717) is 31.9 Å². The van der Waals surface area contributed by atoms with E-state index in [4.69, 9.17) is 10.5 Å². The minimum absolute atomic E-state index is 0.104. The molecule has 96 valence electrons. The van der Waals surface area contributed by atoms with Gasteiger partial charge < -0.3 is 15.8 Å². The zero-order valence-corrected chi connectivity index (χ0v) is 10.5. The van der Waals surface area contributed by atoms with Crippen molar-refractivity contribution in [2.45, 2.75) is 6.92 Å². The molecule has 0 aliphatic rings. The van der Waals surface area contributed by atoms with Crippen molar-refractivity contribution in [2.75, 3.05) is 26.3 Å². The summed E-state index contributed by atoms with van der Waals surface area (Å²) in [6.07, 6.45) is 0. The van der Waals surface area contributed by atoms with Crippen LogP contribution in [0.2, 0.25) is 0 Å². The highest BCUT2D eigenvalue weighted by Crippen LogP contribution is 2.03. The van der Waals surface area contributed by atoms with Gasteiger partial charge in [0, 0.05) is 24.3 Å². The number of amides is 1. The Bertz CT molecular complexity index is 429. The second kappa shape index (κ2) is 8.29. The summed E-state index contributed by atoms with van der Waals surface area (Å²) in [6, 6.07) is 7.10. The molecular formula is C14H18N2O2. The molecule has 0 atom stereocenters. The minimum atomic E-state index is -0.104. The smallest absolute Gasteiger partial charge is 0.251 e. The molecule has 1 aromatic rings. The van der Waals surface area contributed by atoms with Crippen LogP contribution >= 0.6 is 0 Å². The first-order chi connectivity index (χ1) is 8.77. The van der Waals surface area contributed by atoms with Crippen molar-refractivity contribution in [1.29, 1.82) is 0 Å². The highest BCUT2D eigenvalue weighted by Gasteiger charge is 2.03. The quantitative estimate of drug-likeness (QED) is 0.595. The van der Waals surface area contributed by atoms with Crippen molar-refractivity contribution < 1.29 is 9.53 Å². The zero-order valence-electron chi connectivity index (χ0n) is 10.5. The molecule has 18 heavy (non-hydrogen) atoms. The number of benzene rings is 1. The number of ether oxygens (including phenoxy) is 1. The topological polar surface area (TPSA) is 64.3 Å². The molecule has 0 fully saturated rings. The van der Waals surface area contributed by atoms with E-state index < -0.39 is 0 Å². The van der Waals surface area contributed by atoms with Crippen LogP contribution in [0.25, 0.3) is 0 Å². The average molecular weight is 246 g/mol. The molecule has 0 aliphatic carbocycles. The van der Waals surface area contributed by atoms with Gasteiger partial charge in [-0.3, -0.25) is 4.79 Å². The molecule has 1 rings (SSSR count). The van der Waals surface area contributed by atoms with Gasteiger partial charge in [0.25, 0.3) is 5.91 Å². The van der Waals surface area contributed by atoms with Crippen LogP contribution in [0.3, 0.4) is 0 Å². The standard InChI is InChI=1S/C14H18N2O2/c1-2-18-11-10-16-14(17)13-7-5-12(6-8-13)4-3-9-15/h5-8H,2,9-11,15H2,1H3,(H,16,17). The molecule has 0 heterocycles. The van der Waals surface area contributed by atoms with Gasteiger partial charge in [0.05, 0.1) is 13.2 Å². The van der Waals surface area contributed by atoms with E-state index in [2.05, 4.69) is 17.2 Å². The molecule has 4 nitrogen and oxygen atoms in total. The van der Waals surface area contributed by atoms with Crippen molar-refractivity contribution in [2.24, 2.45) is 5.73 Å². The van der Waals surface area contributed by atoms with Crippen molar-refractivity contribution in [3.63, 3.8) is 0 Å². The minimum Gasteiger partial charge on any atom is -0.380 e. The Morgan fingerprint density at radius 2 is 2.11 bits per heavy atom. The number of carbonyl (C=O) groups excluding carboxylic acids is 1. The number of nitrogens with two attached hydrogens (primary N) is 1. The Kier molecular flexibility index (Phi) is 6.55. The molecule has 0 bridgehead atoms. The third-order valence-corrected chi connectivity index (χ3v) is 2.22. The van der Waals surface area contributed by atoms with Crippen molar-refractivity contribution in [1.82, 2.24) is 5.32 Å². The maximum Gasteiger partial charge on any atom is 0.251 e. The van der Waals surface area contributed by atoms with Gasteiger partial charge in [-0.25, -0.2) is 0 Å². The van der Waals surface area contributed by atoms with Crippen LogP contribution in [0.5, 0.6) is 0 Å². The predicted octanol–water partition coefficient (Wildman–Crippen LogP) is 0.763. The number of hydrogen-bond acceptors (Lipinski definition) is 3. The Morgan fingerprint density at radius 3 is 2.72 bits per heavy atom. The molecule has 1 amide bonds. The van der Waals surface area contributed by atoms with Crippen LogP contribution in [-0.4, -0.2) is 32.2 Å². The van der Waals surface area contributed by atoms with Crippen LogP contribution in [0, 0.1) is 11.8 Å². The third-order valence-electron chi connectivity index (χ3n) is 2.22. The van der Waals surface area contributed by atoms with Gasteiger partial charge in [-0.15, -0.1) is 0 Å². The molecule has 0 saturated heterocycles. The molecule has 3 N–H and O–H groups in total. The number of rotatable bonds is 5. The lowest BCUT2D eigenvalue weighted by Crippen LogP contribution is -2.27. The van der Waals surface area contributed by atoms with Gasteiger partial charge in [0.1, 0.15) is 0 Å². The van der Waals surface area contributed by atoms with Gasteiger partial charge in [0.2, 0.25) is 0 Å². The molecule has 0 aliphatic heterocycles. The second-order valence-corrected chi connectivity index (χ2v) is 3.54. The summed E-state index contributed by atoms with van der Waals surface area (Å²) < 4.78 is 5.14. The van der Waals surface area contributed by atoms with E-state index in [-0.39, 0.29) is 5.91 Å². The van der Waals surface area contributed by atoms with Crippen LogP contribution in [-0.2, 0) is 4.74 Å². The summed E-state index contributed by atoms with van der Waals surface area (Å²) in [5, 5.41) is 2.78. The van der Waals surface area contributed by atoms with Crippen LogP contribution in [0.4, 0.5) is 0 Å². The summed E-state index contributed by atoms with van der Waals surface area (Å²) in [5.74, 6) is 5.56. The molecular weight excluding hydrogens is 228 g/mol. The summed E-state index contributed by atoms with van der Waals surface area (Å²) >= 11 is 0. The number of nitrogens with one attached hydrogen (secondary N) is 1. The molecule has 0 saturated carbocycles. The van der Waals surface area contributed by atoms with E-state index in [1.54, 1.807) is 24.3 Å². The fourth-order valence-corrected chi connectivity index (χ4v) is 1.34. The Hall–Kier alpha value is -1.83. The van der Waals surface area contributed by atoms with E-state index in [0.717, 1.165) is 5.56 Å². The SMILES string of the molecule is CCOCCNC(=O)c1ccc(C#CCN)cc1. The lowest BCUT2D eigenvalue weighted by Gasteiger charge is -2.05. The lowest BCUT2D eigenvalue weighted by atomic mass is 10.1. The summed E-state index contributed by atoms with van der Waals surface area (Å²) in [6.45, 7) is 3.96. The summed E-state index contributed by atoms with van der Waals surface area (Å²) in [7, 11) is 0. The third kappa shape index (κ3) is 5.00. The maximum absolute atomic E-state index is 11.7. The first kappa shape index (κ1) is 14.2. The summed E-state index contributed by atoms with van der Waals surface area (Å²) in [4.78, 5) is 11.7. The molecule has 4 heteroatoms. The van der Waals surface area contributed by atoms with Gasteiger partial charge in [-0.05, 0) is 31.2 Å². The molecule has 0 radical (unpaired) electrons.